The van der Waals surface area contributed by atoms with E-state index in [2.05, 4.69) is 54.5 Å². The number of anilines is 1. The fourth-order valence-corrected chi connectivity index (χ4v) is 2.44. The molecule has 2 rings (SSSR count). The van der Waals surface area contributed by atoms with E-state index in [-0.39, 0.29) is 11.5 Å². The van der Waals surface area contributed by atoms with Gasteiger partial charge in [-0.3, -0.25) is 0 Å². The van der Waals surface area contributed by atoms with Gasteiger partial charge in [-0.05, 0) is 12.5 Å². The molecule has 0 saturated heterocycles. The Balaban J connectivity index is 2.08. The SMILES string of the molecule is CC(Nc1nc(C(C)(C)C)ns1)c1ccccc1. The summed E-state index contributed by atoms with van der Waals surface area (Å²) < 4.78 is 4.40. The normalized spacial score (nSPS) is 13.3. The maximum Gasteiger partial charge on any atom is 0.203 e. The fraction of sp³-hybridized carbons (Fsp3) is 0.429. The van der Waals surface area contributed by atoms with Crippen LogP contribution in [0.2, 0.25) is 0 Å². The third-order valence-electron chi connectivity index (χ3n) is 2.74. The number of nitrogens with zero attached hydrogens (tertiary/aromatic N) is 2. The van der Waals surface area contributed by atoms with Crippen LogP contribution in [0.1, 0.15) is 45.1 Å². The first-order chi connectivity index (χ1) is 8.47. The molecule has 1 N–H and O–H groups in total. The van der Waals surface area contributed by atoms with Crippen LogP contribution in [-0.2, 0) is 5.41 Å². The van der Waals surface area contributed by atoms with Gasteiger partial charge in [0.2, 0.25) is 5.13 Å². The minimum atomic E-state index is 0.00636. The van der Waals surface area contributed by atoms with Gasteiger partial charge in [0.25, 0.3) is 0 Å². The van der Waals surface area contributed by atoms with Gasteiger partial charge >= 0.3 is 0 Å². The Morgan fingerprint density at radius 2 is 1.83 bits per heavy atom. The molecule has 0 radical (unpaired) electrons. The van der Waals surface area contributed by atoms with Crippen LogP contribution in [0, 0.1) is 0 Å². The summed E-state index contributed by atoms with van der Waals surface area (Å²) in [6, 6.07) is 10.6. The Kier molecular flexibility index (Phi) is 3.66. The first-order valence-corrected chi connectivity index (χ1v) is 6.90. The third kappa shape index (κ3) is 3.07. The number of hydrogen-bond donors (Lipinski definition) is 1. The smallest absolute Gasteiger partial charge is 0.203 e. The fourth-order valence-electron chi connectivity index (χ4n) is 1.60. The van der Waals surface area contributed by atoms with E-state index in [0.717, 1.165) is 11.0 Å². The number of benzene rings is 1. The standard InChI is InChI=1S/C14H19N3S/c1-10(11-8-6-5-7-9-11)15-13-16-12(17-18-13)14(2,3)4/h5-10H,1-4H3,(H,15,16,17). The van der Waals surface area contributed by atoms with Crippen LogP contribution in [0.5, 0.6) is 0 Å². The zero-order chi connectivity index (χ0) is 13.2. The molecule has 1 heterocycles. The molecule has 0 bridgehead atoms. The van der Waals surface area contributed by atoms with Crippen LogP contribution in [0.25, 0.3) is 0 Å². The predicted octanol–water partition coefficient (Wildman–Crippen LogP) is 4.01. The van der Waals surface area contributed by atoms with Crippen molar-refractivity contribution < 1.29 is 0 Å². The second kappa shape index (κ2) is 5.06. The van der Waals surface area contributed by atoms with Crippen molar-refractivity contribution in [2.45, 2.75) is 39.2 Å². The Morgan fingerprint density at radius 1 is 1.17 bits per heavy atom. The van der Waals surface area contributed by atoms with Crippen molar-refractivity contribution in [3.05, 3.63) is 41.7 Å². The molecule has 0 spiro atoms. The molecule has 0 aliphatic carbocycles. The van der Waals surface area contributed by atoms with Crippen molar-refractivity contribution in [3.63, 3.8) is 0 Å². The minimum Gasteiger partial charge on any atom is -0.354 e. The molecule has 0 aliphatic heterocycles. The second-order valence-electron chi connectivity index (χ2n) is 5.45. The monoisotopic (exact) mass is 261 g/mol. The van der Waals surface area contributed by atoms with Gasteiger partial charge in [-0.1, -0.05) is 51.1 Å². The zero-order valence-electron chi connectivity index (χ0n) is 11.3. The van der Waals surface area contributed by atoms with Crippen molar-refractivity contribution >= 4 is 16.7 Å². The molecule has 2 aromatic rings. The molecule has 0 aliphatic rings. The molecule has 96 valence electrons. The molecular formula is C14H19N3S. The van der Waals surface area contributed by atoms with E-state index in [4.69, 9.17) is 0 Å². The average molecular weight is 261 g/mol. The first-order valence-electron chi connectivity index (χ1n) is 6.12. The van der Waals surface area contributed by atoms with E-state index in [1.165, 1.54) is 17.1 Å². The summed E-state index contributed by atoms with van der Waals surface area (Å²) in [6.07, 6.45) is 0. The number of rotatable bonds is 3. The number of hydrogen-bond acceptors (Lipinski definition) is 4. The molecular weight excluding hydrogens is 242 g/mol. The molecule has 1 aromatic carbocycles. The van der Waals surface area contributed by atoms with Crippen molar-refractivity contribution in [3.8, 4) is 0 Å². The Bertz CT molecular complexity index is 499. The minimum absolute atomic E-state index is 0.00636. The summed E-state index contributed by atoms with van der Waals surface area (Å²) in [5.74, 6) is 0.898. The van der Waals surface area contributed by atoms with Crippen molar-refractivity contribution in [1.29, 1.82) is 0 Å². The highest BCUT2D eigenvalue weighted by Gasteiger charge is 2.20. The second-order valence-corrected chi connectivity index (χ2v) is 6.20. The summed E-state index contributed by atoms with van der Waals surface area (Å²) in [5.41, 5.74) is 1.26. The predicted molar refractivity (Wildman–Crippen MR) is 77.1 cm³/mol. The van der Waals surface area contributed by atoms with Crippen LogP contribution in [-0.4, -0.2) is 9.36 Å². The van der Waals surface area contributed by atoms with Crippen LogP contribution >= 0.6 is 11.5 Å². The van der Waals surface area contributed by atoms with Gasteiger partial charge in [-0.25, -0.2) is 4.98 Å². The van der Waals surface area contributed by atoms with E-state index < -0.39 is 0 Å². The lowest BCUT2D eigenvalue weighted by Gasteiger charge is -2.14. The number of aromatic nitrogens is 2. The van der Waals surface area contributed by atoms with Gasteiger partial charge in [0.05, 0.1) is 6.04 Å². The zero-order valence-corrected chi connectivity index (χ0v) is 12.1. The van der Waals surface area contributed by atoms with Gasteiger partial charge < -0.3 is 5.32 Å². The lowest BCUT2D eigenvalue weighted by atomic mass is 9.96. The van der Waals surface area contributed by atoms with Crippen molar-refractivity contribution in [2.75, 3.05) is 5.32 Å². The highest BCUT2D eigenvalue weighted by molar-refractivity contribution is 7.09. The maximum absolute atomic E-state index is 4.54. The molecule has 0 amide bonds. The molecule has 3 nitrogen and oxygen atoms in total. The van der Waals surface area contributed by atoms with E-state index in [1.807, 2.05) is 18.2 Å². The quantitative estimate of drug-likeness (QED) is 0.907. The van der Waals surface area contributed by atoms with Gasteiger partial charge in [0, 0.05) is 16.9 Å². The molecule has 4 heteroatoms. The van der Waals surface area contributed by atoms with Crippen molar-refractivity contribution in [1.82, 2.24) is 9.36 Å². The summed E-state index contributed by atoms with van der Waals surface area (Å²) >= 11 is 1.43. The largest absolute Gasteiger partial charge is 0.354 e. The van der Waals surface area contributed by atoms with E-state index in [9.17, 15) is 0 Å². The van der Waals surface area contributed by atoms with Crippen LogP contribution in [0.4, 0.5) is 5.13 Å². The Hall–Kier alpha value is -1.42. The third-order valence-corrected chi connectivity index (χ3v) is 3.38. The van der Waals surface area contributed by atoms with Gasteiger partial charge in [0.15, 0.2) is 0 Å². The van der Waals surface area contributed by atoms with E-state index in [0.29, 0.717) is 0 Å². The summed E-state index contributed by atoms with van der Waals surface area (Å²) in [6.45, 7) is 8.51. The van der Waals surface area contributed by atoms with Crippen LogP contribution < -0.4 is 5.32 Å². The van der Waals surface area contributed by atoms with Crippen LogP contribution in [0.3, 0.4) is 0 Å². The topological polar surface area (TPSA) is 37.8 Å². The highest BCUT2D eigenvalue weighted by atomic mass is 32.1. The summed E-state index contributed by atoms with van der Waals surface area (Å²) in [5, 5.41) is 4.28. The molecule has 1 unspecified atom stereocenters. The van der Waals surface area contributed by atoms with Gasteiger partial charge in [-0.2, -0.15) is 4.37 Å². The Morgan fingerprint density at radius 3 is 2.39 bits per heavy atom. The Labute approximate surface area is 112 Å². The van der Waals surface area contributed by atoms with Gasteiger partial charge in [0.1, 0.15) is 5.82 Å². The molecule has 0 fully saturated rings. The molecule has 1 aromatic heterocycles. The first kappa shape index (κ1) is 13.0. The summed E-state index contributed by atoms with van der Waals surface area (Å²) in [4.78, 5) is 4.54. The van der Waals surface area contributed by atoms with Crippen LogP contribution in [0.15, 0.2) is 30.3 Å². The molecule has 0 saturated carbocycles. The number of nitrogens with one attached hydrogen (secondary N) is 1. The summed E-state index contributed by atoms with van der Waals surface area (Å²) in [7, 11) is 0. The highest BCUT2D eigenvalue weighted by Crippen LogP contribution is 2.25. The van der Waals surface area contributed by atoms with E-state index in [1.54, 1.807) is 0 Å². The average Bonchev–Trinajstić information content (AvgIpc) is 2.78. The maximum atomic E-state index is 4.54. The molecule has 1 atom stereocenters. The van der Waals surface area contributed by atoms with Crippen molar-refractivity contribution in [2.24, 2.45) is 0 Å². The van der Waals surface area contributed by atoms with Gasteiger partial charge in [-0.15, -0.1) is 0 Å². The molecule has 18 heavy (non-hydrogen) atoms. The lowest BCUT2D eigenvalue weighted by Crippen LogP contribution is -2.13. The van der Waals surface area contributed by atoms with E-state index >= 15 is 0 Å². The lowest BCUT2D eigenvalue weighted by molar-refractivity contribution is 0.555.